The summed E-state index contributed by atoms with van der Waals surface area (Å²) in [5.74, 6) is 0.917. The number of benzene rings is 1. The van der Waals surface area contributed by atoms with Crippen molar-refractivity contribution in [2.45, 2.75) is 27.3 Å². The van der Waals surface area contributed by atoms with E-state index in [4.69, 9.17) is 4.74 Å². The molecule has 1 heterocycles. The van der Waals surface area contributed by atoms with E-state index in [1.807, 2.05) is 7.05 Å². The van der Waals surface area contributed by atoms with Gasteiger partial charge in [-0.3, -0.25) is 0 Å². The number of hydrogen-bond donors (Lipinski definition) is 2. The van der Waals surface area contributed by atoms with Gasteiger partial charge in [-0.05, 0) is 62.7 Å². The first-order valence-corrected chi connectivity index (χ1v) is 6.55. The van der Waals surface area contributed by atoms with Crippen LogP contribution < -0.4 is 10.1 Å². The van der Waals surface area contributed by atoms with Crippen LogP contribution in [0.3, 0.4) is 0 Å². The minimum atomic E-state index is 0.871. The van der Waals surface area contributed by atoms with Gasteiger partial charge in [0.2, 0.25) is 0 Å². The van der Waals surface area contributed by atoms with E-state index in [1.165, 1.54) is 22.4 Å². The van der Waals surface area contributed by atoms with Crippen molar-refractivity contribution in [1.29, 1.82) is 0 Å². The lowest BCUT2D eigenvalue weighted by Gasteiger charge is -2.10. The van der Waals surface area contributed by atoms with Gasteiger partial charge in [0.25, 0.3) is 0 Å². The first-order valence-electron chi connectivity index (χ1n) is 6.55. The average molecular weight is 258 g/mol. The maximum atomic E-state index is 5.51. The number of aryl methyl sites for hydroxylation is 3. The van der Waals surface area contributed by atoms with Crippen LogP contribution in [0.5, 0.6) is 5.75 Å². The molecule has 2 aromatic rings. The van der Waals surface area contributed by atoms with Gasteiger partial charge in [-0.2, -0.15) is 0 Å². The predicted molar refractivity (Wildman–Crippen MR) is 79.8 cm³/mol. The Hall–Kier alpha value is -1.74. The van der Waals surface area contributed by atoms with Crippen molar-refractivity contribution >= 4 is 0 Å². The normalized spacial score (nSPS) is 10.8. The Kier molecular flexibility index (Phi) is 3.96. The fourth-order valence-electron chi connectivity index (χ4n) is 2.29. The van der Waals surface area contributed by atoms with Crippen molar-refractivity contribution in [3.05, 3.63) is 40.6 Å². The summed E-state index contributed by atoms with van der Waals surface area (Å²) in [4.78, 5) is 3.45. The van der Waals surface area contributed by atoms with Crippen LogP contribution in [0.4, 0.5) is 0 Å². The Morgan fingerprint density at radius 1 is 1.11 bits per heavy atom. The second kappa shape index (κ2) is 5.49. The molecule has 1 aromatic carbocycles. The van der Waals surface area contributed by atoms with Gasteiger partial charge in [-0.1, -0.05) is 0 Å². The minimum absolute atomic E-state index is 0.871. The van der Waals surface area contributed by atoms with Gasteiger partial charge in [0.05, 0.1) is 7.11 Å². The molecule has 0 bridgehead atoms. The molecule has 1 aromatic heterocycles. The SMILES string of the molecule is CNCc1cc(-c2cc(C)c(C)cc2OC)[nH]c1C. The zero-order chi connectivity index (χ0) is 14.0. The molecule has 0 spiro atoms. The maximum Gasteiger partial charge on any atom is 0.128 e. The summed E-state index contributed by atoms with van der Waals surface area (Å²) in [5.41, 5.74) is 7.25. The highest BCUT2D eigenvalue weighted by Crippen LogP contribution is 2.33. The van der Waals surface area contributed by atoms with Gasteiger partial charge in [-0.15, -0.1) is 0 Å². The quantitative estimate of drug-likeness (QED) is 0.882. The van der Waals surface area contributed by atoms with Gasteiger partial charge in [0.1, 0.15) is 5.75 Å². The van der Waals surface area contributed by atoms with Crippen LogP contribution in [0.1, 0.15) is 22.4 Å². The molecule has 2 N–H and O–H groups in total. The van der Waals surface area contributed by atoms with E-state index < -0.39 is 0 Å². The number of ether oxygens (including phenoxy) is 1. The number of methoxy groups -OCH3 is 1. The number of aromatic amines is 1. The molecule has 102 valence electrons. The van der Waals surface area contributed by atoms with Gasteiger partial charge in [0.15, 0.2) is 0 Å². The number of hydrogen-bond acceptors (Lipinski definition) is 2. The van der Waals surface area contributed by atoms with Crippen LogP contribution in [-0.2, 0) is 6.54 Å². The molecule has 0 saturated heterocycles. The molecule has 0 fully saturated rings. The third kappa shape index (κ3) is 2.66. The fourth-order valence-corrected chi connectivity index (χ4v) is 2.29. The Bertz CT molecular complexity index is 585. The maximum absolute atomic E-state index is 5.51. The van der Waals surface area contributed by atoms with Gasteiger partial charge in [-0.25, -0.2) is 0 Å². The van der Waals surface area contributed by atoms with E-state index in [0.717, 1.165) is 23.6 Å². The molecule has 0 aliphatic carbocycles. The monoisotopic (exact) mass is 258 g/mol. The van der Waals surface area contributed by atoms with Crippen molar-refractivity contribution in [3.63, 3.8) is 0 Å². The van der Waals surface area contributed by atoms with Gasteiger partial charge in [0, 0.05) is 23.5 Å². The first-order chi connectivity index (χ1) is 9.06. The van der Waals surface area contributed by atoms with Crippen molar-refractivity contribution in [2.75, 3.05) is 14.2 Å². The van der Waals surface area contributed by atoms with Crippen LogP contribution in [0.2, 0.25) is 0 Å². The van der Waals surface area contributed by atoms with Crippen LogP contribution in [0, 0.1) is 20.8 Å². The molecule has 0 aliphatic heterocycles. The summed E-state index contributed by atoms with van der Waals surface area (Å²) in [6.07, 6.45) is 0. The van der Waals surface area contributed by atoms with Crippen molar-refractivity contribution in [2.24, 2.45) is 0 Å². The van der Waals surface area contributed by atoms with Crippen molar-refractivity contribution in [3.8, 4) is 17.0 Å². The van der Waals surface area contributed by atoms with Crippen molar-refractivity contribution < 1.29 is 4.74 Å². The van der Waals surface area contributed by atoms with E-state index in [9.17, 15) is 0 Å². The third-order valence-corrected chi connectivity index (χ3v) is 3.60. The zero-order valence-corrected chi connectivity index (χ0v) is 12.3. The smallest absolute Gasteiger partial charge is 0.128 e. The summed E-state index contributed by atoms with van der Waals surface area (Å²) in [6, 6.07) is 6.47. The van der Waals surface area contributed by atoms with E-state index in [0.29, 0.717) is 0 Å². The Morgan fingerprint density at radius 3 is 2.42 bits per heavy atom. The topological polar surface area (TPSA) is 37.0 Å². The summed E-state index contributed by atoms with van der Waals surface area (Å²) < 4.78 is 5.51. The molecule has 2 rings (SSSR count). The third-order valence-electron chi connectivity index (χ3n) is 3.60. The Morgan fingerprint density at radius 2 is 1.79 bits per heavy atom. The standard InChI is InChI=1S/C16H22N2O/c1-10-6-14(16(19-5)7-11(10)2)15-8-13(9-17-4)12(3)18-15/h6-8,17-18H,9H2,1-5H3. The molecular weight excluding hydrogens is 236 g/mol. The van der Waals surface area contributed by atoms with Crippen LogP contribution in [-0.4, -0.2) is 19.1 Å². The lowest BCUT2D eigenvalue weighted by Crippen LogP contribution is -2.04. The van der Waals surface area contributed by atoms with E-state index >= 15 is 0 Å². The Labute approximate surface area is 115 Å². The average Bonchev–Trinajstić information content (AvgIpc) is 2.74. The molecule has 0 amide bonds. The van der Waals surface area contributed by atoms with Crippen LogP contribution in [0.15, 0.2) is 18.2 Å². The highest BCUT2D eigenvalue weighted by atomic mass is 16.5. The summed E-state index contributed by atoms with van der Waals surface area (Å²) >= 11 is 0. The molecular formula is C16H22N2O. The number of nitrogens with one attached hydrogen (secondary N) is 2. The van der Waals surface area contributed by atoms with Crippen LogP contribution >= 0.6 is 0 Å². The fraction of sp³-hybridized carbons (Fsp3) is 0.375. The molecule has 0 aliphatic rings. The summed E-state index contributed by atoms with van der Waals surface area (Å²) in [7, 11) is 3.68. The van der Waals surface area contributed by atoms with Gasteiger partial charge < -0.3 is 15.0 Å². The van der Waals surface area contributed by atoms with Crippen molar-refractivity contribution in [1.82, 2.24) is 10.3 Å². The first kappa shape index (κ1) is 13.7. The number of rotatable bonds is 4. The lowest BCUT2D eigenvalue weighted by molar-refractivity contribution is 0.416. The van der Waals surface area contributed by atoms with E-state index in [-0.39, 0.29) is 0 Å². The predicted octanol–water partition coefficient (Wildman–Crippen LogP) is 3.33. The molecule has 0 atom stereocenters. The number of aromatic nitrogens is 1. The molecule has 0 unspecified atom stereocenters. The Balaban J connectivity index is 2.51. The highest BCUT2D eigenvalue weighted by Gasteiger charge is 2.12. The second-order valence-electron chi connectivity index (χ2n) is 5.00. The van der Waals surface area contributed by atoms with E-state index in [2.05, 4.69) is 49.3 Å². The highest BCUT2D eigenvalue weighted by molar-refractivity contribution is 5.70. The zero-order valence-electron chi connectivity index (χ0n) is 12.3. The molecule has 3 nitrogen and oxygen atoms in total. The summed E-state index contributed by atoms with van der Waals surface area (Å²) in [5, 5.41) is 3.19. The second-order valence-corrected chi connectivity index (χ2v) is 5.00. The molecule has 0 radical (unpaired) electrons. The van der Waals surface area contributed by atoms with E-state index in [1.54, 1.807) is 7.11 Å². The largest absolute Gasteiger partial charge is 0.496 e. The lowest BCUT2D eigenvalue weighted by atomic mass is 10.0. The molecule has 19 heavy (non-hydrogen) atoms. The summed E-state index contributed by atoms with van der Waals surface area (Å²) in [6.45, 7) is 7.20. The molecule has 3 heteroatoms. The minimum Gasteiger partial charge on any atom is -0.496 e. The van der Waals surface area contributed by atoms with Crippen LogP contribution in [0.25, 0.3) is 11.3 Å². The van der Waals surface area contributed by atoms with Gasteiger partial charge >= 0.3 is 0 Å². The molecule has 0 saturated carbocycles. The number of H-pyrrole nitrogens is 1.